The minimum atomic E-state index is -0.554. The highest BCUT2D eigenvalue weighted by Crippen LogP contribution is 2.32. The van der Waals surface area contributed by atoms with E-state index in [2.05, 4.69) is 15.9 Å². The molecule has 26 heavy (non-hydrogen) atoms. The Hall–Kier alpha value is -1.43. The number of hydrogen-bond donors (Lipinski definition) is 0. The molecular formula is C19H20BrCl2NO3. The van der Waals surface area contributed by atoms with Crippen LogP contribution in [0.2, 0.25) is 10.0 Å². The lowest BCUT2D eigenvalue weighted by atomic mass is 10.2. The van der Waals surface area contributed by atoms with E-state index in [1.807, 2.05) is 39.0 Å². The lowest BCUT2D eigenvalue weighted by molar-refractivity contribution is 0.0284. The number of rotatable bonds is 4. The molecule has 0 N–H and O–H groups in total. The lowest BCUT2D eigenvalue weighted by Crippen LogP contribution is -2.33. The normalized spacial score (nSPS) is 11.2. The highest BCUT2D eigenvalue weighted by Gasteiger charge is 2.21. The minimum Gasteiger partial charge on any atom is -0.457 e. The minimum absolute atomic E-state index is 0.324. The Morgan fingerprint density at radius 1 is 1.12 bits per heavy atom. The average molecular weight is 461 g/mol. The predicted octanol–water partition coefficient (Wildman–Crippen LogP) is 6.92. The second kappa shape index (κ2) is 8.51. The molecule has 0 saturated heterocycles. The number of ether oxygens (including phenoxy) is 2. The quantitative estimate of drug-likeness (QED) is 0.497. The maximum Gasteiger partial charge on any atom is 0.410 e. The molecule has 0 aliphatic rings. The van der Waals surface area contributed by atoms with Crippen molar-refractivity contribution in [1.29, 1.82) is 0 Å². The zero-order valence-corrected chi connectivity index (χ0v) is 18.1. The number of benzene rings is 2. The summed E-state index contributed by atoms with van der Waals surface area (Å²) < 4.78 is 12.2. The first-order chi connectivity index (χ1) is 12.0. The average Bonchev–Trinajstić information content (AvgIpc) is 2.52. The molecule has 2 rings (SSSR count). The molecule has 2 aromatic rings. The highest BCUT2D eigenvalue weighted by atomic mass is 79.9. The zero-order chi connectivity index (χ0) is 19.5. The number of carbonyl (C=O) groups is 1. The van der Waals surface area contributed by atoms with Crippen LogP contribution in [0.15, 0.2) is 40.9 Å². The van der Waals surface area contributed by atoms with Gasteiger partial charge in [-0.3, -0.25) is 0 Å². The van der Waals surface area contributed by atoms with Gasteiger partial charge in [-0.05, 0) is 51.1 Å². The largest absolute Gasteiger partial charge is 0.457 e. The Bertz CT molecular complexity index is 806. The van der Waals surface area contributed by atoms with E-state index in [0.717, 1.165) is 10.0 Å². The van der Waals surface area contributed by atoms with Gasteiger partial charge in [0.05, 0.1) is 16.6 Å². The predicted molar refractivity (Wildman–Crippen MR) is 108 cm³/mol. The third-order valence-corrected chi connectivity index (χ3v) is 4.49. The first kappa shape index (κ1) is 20.9. The fourth-order valence-corrected chi connectivity index (χ4v) is 2.79. The molecule has 0 aliphatic carbocycles. The zero-order valence-electron chi connectivity index (χ0n) is 15.0. The summed E-state index contributed by atoms with van der Waals surface area (Å²) in [5.74, 6) is 1.17. The van der Waals surface area contributed by atoms with Crippen LogP contribution in [0.3, 0.4) is 0 Å². The van der Waals surface area contributed by atoms with Gasteiger partial charge in [0.1, 0.15) is 17.1 Å². The van der Waals surface area contributed by atoms with Crippen molar-refractivity contribution in [2.75, 3.05) is 7.05 Å². The van der Waals surface area contributed by atoms with Gasteiger partial charge in [-0.1, -0.05) is 39.1 Å². The first-order valence-electron chi connectivity index (χ1n) is 7.90. The molecule has 0 radical (unpaired) electrons. The number of carbonyl (C=O) groups excluding carboxylic acids is 1. The van der Waals surface area contributed by atoms with Gasteiger partial charge >= 0.3 is 6.09 Å². The number of hydrogen-bond acceptors (Lipinski definition) is 3. The van der Waals surface area contributed by atoms with Crippen LogP contribution in [-0.4, -0.2) is 23.6 Å². The molecule has 0 bridgehead atoms. The van der Waals surface area contributed by atoms with Crippen LogP contribution in [0.4, 0.5) is 4.79 Å². The van der Waals surface area contributed by atoms with E-state index in [1.165, 1.54) is 4.90 Å². The second-order valence-electron chi connectivity index (χ2n) is 6.77. The Kier molecular flexibility index (Phi) is 6.83. The topological polar surface area (TPSA) is 38.8 Å². The van der Waals surface area contributed by atoms with E-state index in [0.29, 0.717) is 28.1 Å². The molecule has 0 unspecified atom stereocenters. The monoisotopic (exact) mass is 459 g/mol. The summed E-state index contributed by atoms with van der Waals surface area (Å²) in [5.41, 5.74) is 0.265. The fraction of sp³-hybridized carbons (Fsp3) is 0.316. The van der Waals surface area contributed by atoms with E-state index >= 15 is 0 Å². The van der Waals surface area contributed by atoms with Crippen LogP contribution in [-0.2, 0) is 11.3 Å². The van der Waals surface area contributed by atoms with Gasteiger partial charge in [-0.2, -0.15) is 0 Å². The van der Waals surface area contributed by atoms with Gasteiger partial charge in [-0.15, -0.1) is 0 Å². The molecule has 7 heteroatoms. The molecule has 0 fully saturated rings. The summed E-state index contributed by atoms with van der Waals surface area (Å²) in [6, 6.07) is 10.6. The third-order valence-electron chi connectivity index (χ3n) is 3.25. The van der Waals surface area contributed by atoms with E-state index in [4.69, 9.17) is 32.7 Å². The molecule has 0 heterocycles. The van der Waals surface area contributed by atoms with Crippen LogP contribution in [0.25, 0.3) is 0 Å². The van der Waals surface area contributed by atoms with Crippen LogP contribution < -0.4 is 4.74 Å². The summed E-state index contributed by atoms with van der Waals surface area (Å²) in [4.78, 5) is 13.7. The van der Waals surface area contributed by atoms with E-state index < -0.39 is 11.7 Å². The van der Waals surface area contributed by atoms with Crippen LogP contribution in [0, 0.1) is 0 Å². The molecule has 140 valence electrons. The smallest absolute Gasteiger partial charge is 0.410 e. The van der Waals surface area contributed by atoms with Crippen LogP contribution in [0.1, 0.15) is 26.3 Å². The Labute approximate surface area is 172 Å². The SMILES string of the molecule is CN(Cc1cc(Br)ccc1Oc1ccc(Cl)c(Cl)c1)C(=O)OC(C)(C)C. The van der Waals surface area contributed by atoms with Crippen LogP contribution >= 0.6 is 39.1 Å². The van der Waals surface area contributed by atoms with Gasteiger partial charge in [0.15, 0.2) is 0 Å². The lowest BCUT2D eigenvalue weighted by Gasteiger charge is -2.25. The third kappa shape index (κ3) is 6.08. The number of halogens is 3. The molecule has 2 aromatic carbocycles. The molecule has 0 spiro atoms. The number of amides is 1. The molecule has 4 nitrogen and oxygen atoms in total. The van der Waals surface area contributed by atoms with Gasteiger partial charge in [0.2, 0.25) is 0 Å². The molecule has 0 saturated carbocycles. The van der Waals surface area contributed by atoms with Gasteiger partial charge in [0.25, 0.3) is 0 Å². The molecule has 0 aliphatic heterocycles. The molecule has 0 aromatic heterocycles. The molecule has 1 amide bonds. The summed E-state index contributed by atoms with van der Waals surface area (Å²) in [7, 11) is 1.68. The molecular weight excluding hydrogens is 441 g/mol. The van der Waals surface area contributed by atoms with Gasteiger partial charge in [0, 0.05) is 23.2 Å². The maximum atomic E-state index is 12.2. The number of nitrogens with zero attached hydrogens (tertiary/aromatic N) is 1. The van der Waals surface area contributed by atoms with E-state index in [-0.39, 0.29) is 0 Å². The van der Waals surface area contributed by atoms with Crippen molar-refractivity contribution in [3.05, 3.63) is 56.5 Å². The Morgan fingerprint density at radius 3 is 2.42 bits per heavy atom. The fourth-order valence-electron chi connectivity index (χ4n) is 2.10. The Morgan fingerprint density at radius 2 is 1.81 bits per heavy atom. The molecule has 0 atom stereocenters. The summed E-state index contributed by atoms with van der Waals surface area (Å²) in [6.45, 7) is 5.81. The van der Waals surface area contributed by atoms with E-state index in [9.17, 15) is 4.79 Å². The standard InChI is InChI=1S/C19H20BrCl2NO3/c1-19(2,3)26-18(24)23(4)11-12-9-13(20)5-8-17(12)25-14-6-7-15(21)16(22)10-14/h5-10H,11H2,1-4H3. The first-order valence-corrected chi connectivity index (χ1v) is 9.45. The van der Waals surface area contributed by atoms with Crippen molar-refractivity contribution in [2.24, 2.45) is 0 Å². The van der Waals surface area contributed by atoms with Crippen LogP contribution in [0.5, 0.6) is 11.5 Å². The van der Waals surface area contributed by atoms with Gasteiger partial charge < -0.3 is 14.4 Å². The van der Waals surface area contributed by atoms with Crippen molar-refractivity contribution in [1.82, 2.24) is 4.90 Å². The summed E-state index contributed by atoms with van der Waals surface area (Å²) >= 11 is 15.4. The van der Waals surface area contributed by atoms with Crippen molar-refractivity contribution < 1.29 is 14.3 Å². The van der Waals surface area contributed by atoms with E-state index in [1.54, 1.807) is 25.2 Å². The van der Waals surface area contributed by atoms with Crippen molar-refractivity contribution in [2.45, 2.75) is 32.9 Å². The van der Waals surface area contributed by atoms with Crippen molar-refractivity contribution >= 4 is 45.2 Å². The highest BCUT2D eigenvalue weighted by molar-refractivity contribution is 9.10. The Balaban J connectivity index is 2.21. The summed E-state index contributed by atoms with van der Waals surface area (Å²) in [5, 5.41) is 0.869. The van der Waals surface area contributed by atoms with Gasteiger partial charge in [-0.25, -0.2) is 4.79 Å². The maximum absolute atomic E-state index is 12.2. The van der Waals surface area contributed by atoms with Crippen molar-refractivity contribution in [3.63, 3.8) is 0 Å². The summed E-state index contributed by atoms with van der Waals surface area (Å²) in [6.07, 6.45) is -0.405. The van der Waals surface area contributed by atoms with Crippen molar-refractivity contribution in [3.8, 4) is 11.5 Å². The second-order valence-corrected chi connectivity index (χ2v) is 8.50.